The van der Waals surface area contributed by atoms with E-state index in [1.54, 1.807) is 6.20 Å². The first-order valence-corrected chi connectivity index (χ1v) is 8.02. The third kappa shape index (κ3) is 2.27. The molecule has 2 aromatic heterocycles. The molecule has 0 fully saturated rings. The smallest absolute Gasteiger partial charge is 0.250 e. The molecule has 6 nitrogen and oxygen atoms in total. The lowest BCUT2D eigenvalue weighted by Gasteiger charge is -2.31. The van der Waals surface area contributed by atoms with Crippen LogP contribution in [0.4, 0.5) is 5.95 Å². The summed E-state index contributed by atoms with van der Waals surface area (Å²) in [7, 11) is 0. The first-order chi connectivity index (χ1) is 11.8. The minimum atomic E-state index is -0.0331. The maximum absolute atomic E-state index is 4.25. The molecule has 0 saturated heterocycles. The van der Waals surface area contributed by atoms with Gasteiger partial charge in [0.1, 0.15) is 6.04 Å². The van der Waals surface area contributed by atoms with Crippen molar-refractivity contribution in [2.24, 2.45) is 0 Å². The van der Waals surface area contributed by atoms with Gasteiger partial charge in [0.25, 0.3) is 5.95 Å². The number of tetrazole rings is 1. The molecule has 0 spiro atoms. The van der Waals surface area contributed by atoms with Gasteiger partial charge >= 0.3 is 0 Å². The summed E-state index contributed by atoms with van der Waals surface area (Å²) >= 11 is 0. The zero-order valence-electron chi connectivity index (χ0n) is 13.7. The average Bonchev–Trinajstić information content (AvgIpc) is 3.11. The highest BCUT2D eigenvalue weighted by Crippen LogP contribution is 2.36. The predicted molar refractivity (Wildman–Crippen MR) is 92.4 cm³/mol. The largest absolute Gasteiger partial charge is 0.314 e. The van der Waals surface area contributed by atoms with E-state index in [0.29, 0.717) is 0 Å². The molecular weight excluding hydrogens is 300 g/mol. The van der Waals surface area contributed by atoms with E-state index in [-0.39, 0.29) is 6.04 Å². The van der Waals surface area contributed by atoms with E-state index in [1.165, 1.54) is 0 Å². The summed E-state index contributed by atoms with van der Waals surface area (Å²) < 4.78 is 1.88. The van der Waals surface area contributed by atoms with E-state index >= 15 is 0 Å². The van der Waals surface area contributed by atoms with Gasteiger partial charge in [-0.2, -0.15) is 4.68 Å². The van der Waals surface area contributed by atoms with E-state index < -0.39 is 0 Å². The predicted octanol–water partition coefficient (Wildman–Crippen LogP) is 3.07. The molecule has 3 aromatic rings. The van der Waals surface area contributed by atoms with Crippen molar-refractivity contribution in [2.45, 2.75) is 19.9 Å². The minimum Gasteiger partial charge on any atom is -0.314 e. The number of rotatable bonds is 3. The second-order valence-corrected chi connectivity index (χ2v) is 5.75. The first kappa shape index (κ1) is 14.6. The molecule has 4 rings (SSSR count). The van der Waals surface area contributed by atoms with Gasteiger partial charge in [0.15, 0.2) is 0 Å². The van der Waals surface area contributed by atoms with Crippen molar-refractivity contribution in [1.29, 1.82) is 0 Å². The summed E-state index contributed by atoms with van der Waals surface area (Å²) in [5.41, 5.74) is 4.55. The molecule has 0 radical (unpaired) electrons. The van der Waals surface area contributed by atoms with Crippen molar-refractivity contribution in [1.82, 2.24) is 25.2 Å². The van der Waals surface area contributed by atoms with Crippen molar-refractivity contribution in [3.05, 3.63) is 66.1 Å². The zero-order chi connectivity index (χ0) is 16.5. The third-order valence-electron chi connectivity index (χ3n) is 4.37. The molecule has 1 unspecified atom stereocenters. The molecule has 1 aliphatic heterocycles. The lowest BCUT2D eigenvalue weighted by molar-refractivity contribution is 0.562. The number of fused-ring (bicyclic) bond motifs is 1. The van der Waals surface area contributed by atoms with E-state index in [4.69, 9.17) is 0 Å². The van der Waals surface area contributed by atoms with Crippen molar-refractivity contribution < 1.29 is 0 Å². The molecule has 0 bridgehead atoms. The number of nitrogens with zero attached hydrogens (tertiary/aromatic N) is 6. The summed E-state index contributed by atoms with van der Waals surface area (Å²) in [6.45, 7) is 5.03. The molecule has 24 heavy (non-hydrogen) atoms. The van der Waals surface area contributed by atoms with Crippen LogP contribution in [0.15, 0.2) is 60.6 Å². The number of hydrogen-bond donors (Lipinski definition) is 0. The average molecular weight is 318 g/mol. The Morgan fingerprint density at radius 2 is 2.00 bits per heavy atom. The molecule has 0 N–H and O–H groups in total. The van der Waals surface area contributed by atoms with Crippen LogP contribution in [0.1, 0.15) is 25.5 Å². The highest BCUT2D eigenvalue weighted by atomic mass is 15.6. The fourth-order valence-corrected chi connectivity index (χ4v) is 3.25. The second kappa shape index (κ2) is 5.88. The van der Waals surface area contributed by atoms with Crippen molar-refractivity contribution in [3.63, 3.8) is 0 Å². The Kier molecular flexibility index (Phi) is 3.57. The van der Waals surface area contributed by atoms with Crippen LogP contribution >= 0.6 is 0 Å². The molecule has 6 heteroatoms. The number of allylic oxidation sites excluding steroid dienone is 2. The summed E-state index contributed by atoms with van der Waals surface area (Å²) in [5, 5.41) is 12.3. The number of aromatic nitrogens is 5. The number of anilines is 1. The van der Waals surface area contributed by atoms with Crippen molar-refractivity contribution >= 4 is 5.95 Å². The molecule has 1 atom stereocenters. The fourth-order valence-electron chi connectivity index (χ4n) is 3.25. The lowest BCUT2D eigenvalue weighted by Crippen LogP contribution is -2.31. The third-order valence-corrected chi connectivity index (χ3v) is 4.37. The molecule has 0 saturated carbocycles. The minimum absolute atomic E-state index is 0.0331. The summed E-state index contributed by atoms with van der Waals surface area (Å²) in [4.78, 5) is 6.37. The maximum atomic E-state index is 4.25. The normalized spacial score (nSPS) is 16.7. The highest BCUT2D eigenvalue weighted by molar-refractivity contribution is 5.68. The zero-order valence-corrected chi connectivity index (χ0v) is 13.7. The monoisotopic (exact) mass is 318 g/mol. The van der Waals surface area contributed by atoms with Crippen LogP contribution in [0.5, 0.6) is 0 Å². The van der Waals surface area contributed by atoms with E-state index in [1.807, 2.05) is 23.0 Å². The van der Waals surface area contributed by atoms with Gasteiger partial charge in [0.05, 0.1) is 0 Å². The summed E-state index contributed by atoms with van der Waals surface area (Å²) in [5.74, 6) is 0.781. The molecule has 3 heterocycles. The maximum Gasteiger partial charge on any atom is 0.250 e. The van der Waals surface area contributed by atoms with Gasteiger partial charge in [-0.3, -0.25) is 4.98 Å². The van der Waals surface area contributed by atoms with Crippen molar-refractivity contribution in [3.8, 4) is 11.1 Å². The van der Waals surface area contributed by atoms with Crippen LogP contribution in [0.3, 0.4) is 0 Å². The Bertz CT molecular complexity index is 883. The van der Waals surface area contributed by atoms with Gasteiger partial charge in [-0.25, -0.2) is 0 Å². The van der Waals surface area contributed by atoms with Crippen LogP contribution in [-0.4, -0.2) is 31.7 Å². The van der Waals surface area contributed by atoms with E-state index in [0.717, 1.165) is 34.9 Å². The van der Waals surface area contributed by atoms with Crippen LogP contribution in [0.2, 0.25) is 0 Å². The Morgan fingerprint density at radius 3 is 2.79 bits per heavy atom. The Morgan fingerprint density at radius 1 is 1.12 bits per heavy atom. The molecule has 1 aliphatic rings. The molecular formula is C18H18N6. The van der Waals surface area contributed by atoms with Gasteiger partial charge < -0.3 is 4.90 Å². The van der Waals surface area contributed by atoms with Crippen LogP contribution in [-0.2, 0) is 0 Å². The molecule has 0 amide bonds. The second-order valence-electron chi connectivity index (χ2n) is 5.75. The van der Waals surface area contributed by atoms with Crippen LogP contribution < -0.4 is 4.90 Å². The van der Waals surface area contributed by atoms with E-state index in [9.17, 15) is 0 Å². The van der Waals surface area contributed by atoms with Crippen LogP contribution in [0, 0.1) is 0 Å². The molecule has 120 valence electrons. The SMILES string of the molecule is CCN1C(C)=CC(c2ccccc2-c2cccnc2)n2nnnc21. The fraction of sp³-hybridized carbons (Fsp3) is 0.222. The van der Waals surface area contributed by atoms with E-state index in [2.05, 4.69) is 69.6 Å². The quantitative estimate of drug-likeness (QED) is 0.743. The number of hydrogen-bond acceptors (Lipinski definition) is 5. The van der Waals surface area contributed by atoms with Gasteiger partial charge in [0, 0.05) is 30.2 Å². The van der Waals surface area contributed by atoms with Crippen molar-refractivity contribution in [2.75, 3.05) is 11.4 Å². The Balaban J connectivity index is 1.88. The molecule has 1 aromatic carbocycles. The Hall–Kier alpha value is -3.02. The Labute approximate surface area is 140 Å². The van der Waals surface area contributed by atoms with Crippen LogP contribution in [0.25, 0.3) is 11.1 Å². The number of benzene rings is 1. The lowest BCUT2D eigenvalue weighted by atomic mass is 9.94. The van der Waals surface area contributed by atoms with Gasteiger partial charge in [-0.15, -0.1) is 0 Å². The highest BCUT2D eigenvalue weighted by Gasteiger charge is 2.28. The standard InChI is InChI=1S/C18H18N6/c1-3-23-13(2)11-17(24-18(23)20-21-22-24)16-9-5-4-8-15(16)14-7-6-10-19-12-14/h4-12,17H,3H2,1-2H3. The summed E-state index contributed by atoms with van der Waals surface area (Å²) in [6, 6.07) is 12.3. The summed E-state index contributed by atoms with van der Waals surface area (Å²) in [6.07, 6.45) is 5.88. The van der Waals surface area contributed by atoms with Gasteiger partial charge in [-0.05, 0) is 47.5 Å². The number of pyridine rings is 1. The molecule has 0 aliphatic carbocycles. The topological polar surface area (TPSA) is 59.7 Å². The van der Waals surface area contributed by atoms with Gasteiger partial charge in [0.2, 0.25) is 0 Å². The first-order valence-electron chi connectivity index (χ1n) is 8.02. The van der Waals surface area contributed by atoms with Gasteiger partial charge in [-0.1, -0.05) is 35.4 Å².